The minimum Gasteiger partial charge on any atom is -0.399 e. The molecule has 0 aromatic heterocycles. The third-order valence-corrected chi connectivity index (χ3v) is 3.69. The molecule has 3 nitrogen and oxygen atoms in total. The molecule has 0 heterocycles. The Morgan fingerprint density at radius 3 is 2.47 bits per heavy atom. The molecule has 0 saturated carbocycles. The summed E-state index contributed by atoms with van der Waals surface area (Å²) in [4.78, 5) is 12.0. The first-order valence-electron chi connectivity index (χ1n) is 5.29. The second kappa shape index (κ2) is 5.71. The van der Waals surface area contributed by atoms with Crippen molar-refractivity contribution in [3.05, 3.63) is 56.7 Å². The van der Waals surface area contributed by atoms with E-state index in [1.165, 1.54) is 18.2 Å². The Labute approximate surface area is 126 Å². The monoisotopic (exact) mass is 386 g/mol. The van der Waals surface area contributed by atoms with Crippen LogP contribution >= 0.6 is 31.9 Å². The average molecular weight is 388 g/mol. The zero-order valence-corrected chi connectivity index (χ0v) is 12.8. The van der Waals surface area contributed by atoms with Crippen LogP contribution in [0.3, 0.4) is 0 Å². The van der Waals surface area contributed by atoms with E-state index < -0.39 is 5.82 Å². The third kappa shape index (κ3) is 3.33. The molecule has 0 bridgehead atoms. The van der Waals surface area contributed by atoms with Gasteiger partial charge in [0.1, 0.15) is 5.82 Å². The number of rotatable bonds is 2. The second-order valence-corrected chi connectivity index (χ2v) is 5.53. The normalized spacial score (nSPS) is 10.3. The summed E-state index contributed by atoms with van der Waals surface area (Å²) in [6.07, 6.45) is 0. The van der Waals surface area contributed by atoms with Crippen molar-refractivity contribution in [1.29, 1.82) is 0 Å². The summed E-state index contributed by atoms with van der Waals surface area (Å²) in [5.74, 6) is -0.739. The summed E-state index contributed by atoms with van der Waals surface area (Å²) >= 11 is 6.35. The van der Waals surface area contributed by atoms with Crippen molar-refractivity contribution in [3.63, 3.8) is 0 Å². The van der Waals surface area contributed by atoms with Crippen LogP contribution in [0.25, 0.3) is 0 Å². The molecule has 0 unspecified atom stereocenters. The van der Waals surface area contributed by atoms with Crippen molar-refractivity contribution in [2.45, 2.75) is 0 Å². The number of halogens is 3. The van der Waals surface area contributed by atoms with Crippen LogP contribution in [0.15, 0.2) is 45.3 Å². The summed E-state index contributed by atoms with van der Waals surface area (Å²) < 4.78 is 14.0. The molecule has 0 radical (unpaired) electrons. The number of carbonyl (C=O) groups is 1. The van der Waals surface area contributed by atoms with Crippen LogP contribution in [0.2, 0.25) is 0 Å². The van der Waals surface area contributed by atoms with Crippen LogP contribution < -0.4 is 11.1 Å². The van der Waals surface area contributed by atoms with Crippen molar-refractivity contribution in [1.82, 2.24) is 0 Å². The number of nitrogen functional groups attached to an aromatic ring is 1. The van der Waals surface area contributed by atoms with Crippen LogP contribution in [0.5, 0.6) is 0 Å². The Hall–Kier alpha value is -1.40. The highest BCUT2D eigenvalue weighted by molar-refractivity contribution is 9.10. The molecule has 2 aromatic carbocycles. The fraction of sp³-hybridized carbons (Fsp3) is 0. The third-order valence-electron chi connectivity index (χ3n) is 2.42. The molecule has 2 aromatic rings. The fourth-order valence-corrected chi connectivity index (χ4v) is 2.34. The van der Waals surface area contributed by atoms with Gasteiger partial charge in [0.15, 0.2) is 0 Å². The molecule has 19 heavy (non-hydrogen) atoms. The maximum Gasteiger partial charge on any atom is 0.255 e. The molecule has 0 fully saturated rings. The Balaban J connectivity index is 2.23. The Morgan fingerprint density at radius 2 is 1.84 bits per heavy atom. The van der Waals surface area contributed by atoms with Crippen molar-refractivity contribution >= 4 is 49.1 Å². The lowest BCUT2D eigenvalue weighted by Gasteiger charge is -2.08. The molecule has 3 N–H and O–H groups in total. The first-order valence-corrected chi connectivity index (χ1v) is 6.87. The van der Waals surface area contributed by atoms with E-state index in [-0.39, 0.29) is 10.4 Å². The van der Waals surface area contributed by atoms with Crippen molar-refractivity contribution in [2.75, 3.05) is 11.1 Å². The van der Waals surface area contributed by atoms with E-state index >= 15 is 0 Å². The summed E-state index contributed by atoms with van der Waals surface area (Å²) in [6, 6.07) is 9.14. The second-order valence-electron chi connectivity index (χ2n) is 3.82. The summed E-state index contributed by atoms with van der Waals surface area (Å²) in [5.41, 5.74) is 7.16. The van der Waals surface area contributed by atoms with E-state index in [2.05, 4.69) is 37.2 Å². The van der Waals surface area contributed by atoms with Gasteiger partial charge in [-0.15, -0.1) is 0 Å². The fourth-order valence-electron chi connectivity index (χ4n) is 1.46. The largest absolute Gasteiger partial charge is 0.399 e. The van der Waals surface area contributed by atoms with Crippen LogP contribution in [0.1, 0.15) is 10.4 Å². The lowest BCUT2D eigenvalue weighted by Crippen LogP contribution is -2.12. The predicted octanol–water partition coefficient (Wildman–Crippen LogP) is 4.19. The number of hydrogen-bond donors (Lipinski definition) is 2. The predicted molar refractivity (Wildman–Crippen MR) is 80.6 cm³/mol. The summed E-state index contributed by atoms with van der Waals surface area (Å²) in [5, 5.41) is 2.72. The molecule has 98 valence electrons. The molecule has 0 aliphatic carbocycles. The van der Waals surface area contributed by atoms with Gasteiger partial charge in [-0.2, -0.15) is 0 Å². The SMILES string of the molecule is Nc1ccc(NC(=O)c2ccc(F)c(Br)c2)c(Br)c1. The van der Waals surface area contributed by atoms with Gasteiger partial charge in [-0.25, -0.2) is 4.39 Å². The lowest BCUT2D eigenvalue weighted by molar-refractivity contribution is 0.102. The number of carbonyl (C=O) groups excluding carboxylic acids is 1. The molecule has 0 aliphatic rings. The first-order chi connectivity index (χ1) is 8.97. The molecule has 1 amide bonds. The molecule has 2 rings (SSSR count). The van der Waals surface area contributed by atoms with E-state index in [1.54, 1.807) is 18.2 Å². The van der Waals surface area contributed by atoms with Gasteiger partial charge in [0.25, 0.3) is 5.91 Å². The van der Waals surface area contributed by atoms with Crippen molar-refractivity contribution in [2.24, 2.45) is 0 Å². The number of hydrogen-bond acceptors (Lipinski definition) is 2. The van der Waals surface area contributed by atoms with Crippen molar-refractivity contribution in [3.8, 4) is 0 Å². The van der Waals surface area contributed by atoms with Gasteiger partial charge < -0.3 is 11.1 Å². The highest BCUT2D eigenvalue weighted by atomic mass is 79.9. The van der Waals surface area contributed by atoms with E-state index in [4.69, 9.17) is 5.73 Å². The quantitative estimate of drug-likeness (QED) is 0.759. The Bertz CT molecular complexity index is 647. The van der Waals surface area contributed by atoms with Gasteiger partial charge in [-0.05, 0) is 68.3 Å². The van der Waals surface area contributed by atoms with E-state index in [1.807, 2.05) is 0 Å². The number of nitrogens with two attached hydrogens (primary N) is 1. The van der Waals surface area contributed by atoms with Crippen LogP contribution in [-0.4, -0.2) is 5.91 Å². The summed E-state index contributed by atoms with van der Waals surface area (Å²) in [7, 11) is 0. The zero-order valence-electron chi connectivity index (χ0n) is 9.58. The van der Waals surface area contributed by atoms with Gasteiger partial charge in [-0.1, -0.05) is 0 Å². The standard InChI is InChI=1S/C13H9Br2FN2O/c14-9-5-7(1-3-11(9)16)13(19)18-12-4-2-8(17)6-10(12)15/h1-6H,17H2,(H,18,19). The maximum atomic E-state index is 13.1. The zero-order chi connectivity index (χ0) is 14.0. The first kappa shape index (κ1) is 14.0. The van der Waals surface area contributed by atoms with Gasteiger partial charge in [0.2, 0.25) is 0 Å². The molecule has 0 atom stereocenters. The molecular weight excluding hydrogens is 379 g/mol. The highest BCUT2D eigenvalue weighted by Crippen LogP contribution is 2.25. The minimum absolute atomic E-state index is 0.247. The van der Waals surface area contributed by atoms with Gasteiger partial charge in [-0.3, -0.25) is 4.79 Å². The molecule has 0 saturated heterocycles. The highest BCUT2D eigenvalue weighted by Gasteiger charge is 2.10. The number of amides is 1. The number of anilines is 2. The van der Waals surface area contributed by atoms with Crippen LogP contribution in [0, 0.1) is 5.82 Å². The number of nitrogens with one attached hydrogen (secondary N) is 1. The van der Waals surface area contributed by atoms with Crippen LogP contribution in [0.4, 0.5) is 15.8 Å². The van der Waals surface area contributed by atoms with Gasteiger partial charge in [0, 0.05) is 15.7 Å². The summed E-state index contributed by atoms with van der Waals surface area (Å²) in [6.45, 7) is 0. The topological polar surface area (TPSA) is 55.1 Å². The van der Waals surface area contributed by atoms with E-state index in [0.717, 1.165) is 0 Å². The lowest BCUT2D eigenvalue weighted by atomic mass is 10.2. The molecular formula is C13H9Br2FN2O. The Morgan fingerprint density at radius 1 is 1.11 bits per heavy atom. The molecule has 0 aliphatic heterocycles. The van der Waals surface area contributed by atoms with Crippen molar-refractivity contribution < 1.29 is 9.18 Å². The Kier molecular flexibility index (Phi) is 4.21. The smallest absolute Gasteiger partial charge is 0.255 e. The van der Waals surface area contributed by atoms with E-state index in [9.17, 15) is 9.18 Å². The van der Waals surface area contributed by atoms with Gasteiger partial charge in [0.05, 0.1) is 10.2 Å². The maximum absolute atomic E-state index is 13.1. The van der Waals surface area contributed by atoms with E-state index in [0.29, 0.717) is 21.4 Å². The number of benzene rings is 2. The van der Waals surface area contributed by atoms with Crippen LogP contribution in [-0.2, 0) is 0 Å². The molecule has 0 spiro atoms. The van der Waals surface area contributed by atoms with Gasteiger partial charge >= 0.3 is 0 Å². The minimum atomic E-state index is -0.412. The molecule has 6 heteroatoms. The average Bonchev–Trinajstić information content (AvgIpc) is 2.36.